The molecule has 3 heterocycles. The number of benzene rings is 4. The number of rotatable bonds is 12. The third-order valence-corrected chi connectivity index (χ3v) is 10.7. The highest BCUT2D eigenvalue weighted by Crippen LogP contribution is 2.35. The molecule has 0 aliphatic carbocycles. The molecule has 2 saturated heterocycles. The molecule has 0 spiro atoms. The number of hydrogen-bond donors (Lipinski definition) is 3. The molecule has 2 atom stereocenters. The van der Waals surface area contributed by atoms with Gasteiger partial charge in [0.15, 0.2) is 0 Å². The average Bonchev–Trinajstić information content (AvgIpc) is 3.55. The number of hydrogen-bond acceptors (Lipinski definition) is 7. The lowest BCUT2D eigenvalue weighted by Crippen LogP contribution is -2.75. The number of nitrogens with zero attached hydrogens (tertiary/aromatic N) is 5. The highest BCUT2D eigenvalue weighted by molar-refractivity contribution is 5.99. The quantitative estimate of drug-likeness (QED) is 0.112. The van der Waals surface area contributed by atoms with Crippen molar-refractivity contribution in [2.75, 3.05) is 19.6 Å². The number of carbonyl (C=O) groups is 4. The molecule has 58 heavy (non-hydrogen) atoms. The van der Waals surface area contributed by atoms with Crippen molar-refractivity contribution in [1.82, 2.24) is 35.2 Å². The fourth-order valence-corrected chi connectivity index (χ4v) is 8.00. The lowest BCUT2D eigenvalue weighted by atomic mass is 9.97. The van der Waals surface area contributed by atoms with Gasteiger partial charge >= 0.3 is 0 Å². The first-order valence-electron chi connectivity index (χ1n) is 19.7. The first kappa shape index (κ1) is 40.0. The molecule has 2 aliphatic rings. The van der Waals surface area contributed by atoms with Gasteiger partial charge in [-0.3, -0.25) is 24.6 Å². The summed E-state index contributed by atoms with van der Waals surface area (Å²) in [5.74, 6) is -0.716. The minimum atomic E-state index is -0.886. The molecule has 0 bridgehead atoms. The smallest absolute Gasteiger partial charge is 0.265 e. The van der Waals surface area contributed by atoms with Crippen LogP contribution in [0.3, 0.4) is 0 Å². The molecule has 0 radical (unpaired) electrons. The Hall–Kier alpha value is -6.24. The van der Waals surface area contributed by atoms with E-state index in [0.717, 1.165) is 38.7 Å². The van der Waals surface area contributed by atoms with Gasteiger partial charge in [-0.25, -0.2) is 15.4 Å². The van der Waals surface area contributed by atoms with Gasteiger partial charge in [0.25, 0.3) is 5.91 Å². The molecule has 7 rings (SSSR count). The molecule has 4 aromatic carbocycles. The Bertz CT molecular complexity index is 2320. The lowest BCUT2D eigenvalue weighted by molar-refractivity contribution is -0.205. The van der Waals surface area contributed by atoms with Crippen LogP contribution in [0, 0.1) is 0 Å². The Morgan fingerprint density at radius 2 is 1.64 bits per heavy atom. The van der Waals surface area contributed by atoms with Gasteiger partial charge in [-0.1, -0.05) is 78.9 Å². The molecule has 2 fully saturated rings. The number of fused-ring (bicyclic) bond motifs is 2. The van der Waals surface area contributed by atoms with Gasteiger partial charge in [-0.15, -0.1) is 6.58 Å². The van der Waals surface area contributed by atoms with Gasteiger partial charge in [0.1, 0.15) is 18.0 Å². The maximum atomic E-state index is 14.7. The molecule has 0 unspecified atom stereocenters. The summed E-state index contributed by atoms with van der Waals surface area (Å²) in [5, 5.41) is 14.4. The van der Waals surface area contributed by atoms with Crippen LogP contribution in [-0.2, 0) is 40.8 Å². The van der Waals surface area contributed by atoms with Crippen molar-refractivity contribution in [1.29, 1.82) is 0 Å². The highest BCUT2D eigenvalue weighted by Gasteiger charge is 2.51. The first-order valence-corrected chi connectivity index (χ1v) is 19.7. The fourth-order valence-electron chi connectivity index (χ4n) is 8.00. The van der Waals surface area contributed by atoms with E-state index in [-0.39, 0.29) is 73.9 Å². The molecular formula is C46H51N7O5. The molecule has 5 aromatic rings. The number of amides is 4. The van der Waals surface area contributed by atoms with E-state index in [1.165, 1.54) is 0 Å². The monoisotopic (exact) mass is 781 g/mol. The van der Waals surface area contributed by atoms with Crippen molar-refractivity contribution >= 4 is 34.5 Å². The lowest BCUT2D eigenvalue weighted by Gasteiger charge is -2.55. The van der Waals surface area contributed by atoms with Crippen LogP contribution in [0.2, 0.25) is 0 Å². The highest BCUT2D eigenvalue weighted by atomic mass is 16.3. The molecule has 12 heteroatoms. The van der Waals surface area contributed by atoms with Crippen molar-refractivity contribution in [3.63, 3.8) is 0 Å². The fraction of sp³-hybridized carbons (Fsp3) is 0.304. The number of hydrazine groups is 2. The summed E-state index contributed by atoms with van der Waals surface area (Å²) in [6, 6.07) is 29.1. The third-order valence-electron chi connectivity index (χ3n) is 10.7. The van der Waals surface area contributed by atoms with Crippen LogP contribution in [0.5, 0.6) is 5.75 Å². The summed E-state index contributed by atoms with van der Waals surface area (Å²) in [5.41, 5.74) is 11.6. The molecule has 1 aromatic heterocycles. The number of piperazine rings is 1. The number of aromatic hydroxyl groups is 1. The Labute approximate surface area is 339 Å². The van der Waals surface area contributed by atoms with Gasteiger partial charge in [0, 0.05) is 61.2 Å². The van der Waals surface area contributed by atoms with Crippen molar-refractivity contribution in [3.8, 4) is 16.9 Å². The van der Waals surface area contributed by atoms with Crippen LogP contribution in [0.25, 0.3) is 22.0 Å². The normalized spacial score (nSPS) is 17.4. The standard InChI is InChI=1S/C46H51N7O5/c1-6-25-51-30-42(56)52-39(26-32-15-22-36(54)23-16-32)45(58)50(29-40(52)53(51)41(55)24-17-31-11-8-7-9-12-31)27-35-13-10-14-37-38(28-49(5)43(35)37)33-18-20-34(21-19-33)44(57)47-48-46(2,3)4/h6-16,18-23,28,39-40,48,54H,1,17,24-27,29-30H2,2-5H3,(H,47,57)/t39-,40-/m0/s1. The molecular weight excluding hydrogens is 731 g/mol. The van der Waals surface area contributed by atoms with E-state index in [4.69, 9.17) is 0 Å². The van der Waals surface area contributed by atoms with Gasteiger partial charge in [-0.05, 0) is 73.7 Å². The second kappa shape index (κ2) is 16.7. The number of aromatic nitrogens is 1. The predicted octanol–water partition coefficient (Wildman–Crippen LogP) is 5.57. The van der Waals surface area contributed by atoms with Gasteiger partial charge < -0.3 is 19.5 Å². The second-order valence-corrected chi connectivity index (χ2v) is 16.1. The summed E-state index contributed by atoms with van der Waals surface area (Å²) >= 11 is 0. The second-order valence-electron chi connectivity index (χ2n) is 16.1. The third kappa shape index (κ3) is 8.53. The Morgan fingerprint density at radius 1 is 0.914 bits per heavy atom. The topological polar surface area (TPSA) is 130 Å². The molecule has 2 aliphatic heterocycles. The minimum absolute atomic E-state index is 0.0656. The van der Waals surface area contributed by atoms with Gasteiger partial charge in [-0.2, -0.15) is 0 Å². The number of phenols is 1. The van der Waals surface area contributed by atoms with Crippen LogP contribution >= 0.6 is 0 Å². The maximum absolute atomic E-state index is 14.7. The summed E-state index contributed by atoms with van der Waals surface area (Å²) in [6.07, 6.45) is 3.95. The molecule has 4 amide bonds. The zero-order chi connectivity index (χ0) is 41.1. The number of carbonyl (C=O) groups excluding carboxylic acids is 4. The molecule has 300 valence electrons. The Morgan fingerprint density at radius 3 is 2.33 bits per heavy atom. The maximum Gasteiger partial charge on any atom is 0.265 e. The summed E-state index contributed by atoms with van der Waals surface area (Å²) in [7, 11) is 1.98. The molecule has 12 nitrogen and oxygen atoms in total. The molecule has 0 saturated carbocycles. The van der Waals surface area contributed by atoms with Crippen LogP contribution < -0.4 is 10.9 Å². The van der Waals surface area contributed by atoms with E-state index in [1.54, 1.807) is 62.3 Å². The average molecular weight is 782 g/mol. The van der Waals surface area contributed by atoms with Gasteiger partial charge in [0.2, 0.25) is 17.7 Å². The van der Waals surface area contributed by atoms with Crippen LogP contribution in [0.15, 0.2) is 116 Å². The van der Waals surface area contributed by atoms with Crippen LogP contribution in [0.4, 0.5) is 0 Å². The Kier molecular flexibility index (Phi) is 11.5. The number of nitrogens with one attached hydrogen (secondary N) is 2. The first-order chi connectivity index (χ1) is 27.8. The minimum Gasteiger partial charge on any atom is -0.508 e. The zero-order valence-corrected chi connectivity index (χ0v) is 33.5. The van der Waals surface area contributed by atoms with Gasteiger partial charge in [0.05, 0.1) is 18.6 Å². The SMILES string of the molecule is C=CCN1CC(=O)N2[C@@H](Cc3ccc(O)cc3)C(=O)N(Cc3cccc4c(-c5ccc(C(=O)NNC(C)(C)C)cc5)cn(C)c34)C[C@@H]2N1C(=O)CCc1ccccc1. The van der Waals surface area contributed by atoms with Crippen LogP contribution in [0.1, 0.15) is 54.2 Å². The largest absolute Gasteiger partial charge is 0.508 e. The van der Waals surface area contributed by atoms with E-state index in [2.05, 4.69) is 34.3 Å². The van der Waals surface area contributed by atoms with E-state index in [0.29, 0.717) is 12.0 Å². The number of aryl methyl sites for hydroxylation is 2. The zero-order valence-electron chi connectivity index (χ0n) is 33.5. The van der Waals surface area contributed by atoms with Crippen LogP contribution in [-0.4, -0.2) is 90.5 Å². The number of phenolic OH excluding ortho intramolecular Hbond substituents is 1. The van der Waals surface area contributed by atoms with E-state index < -0.39 is 12.2 Å². The summed E-state index contributed by atoms with van der Waals surface area (Å²) in [4.78, 5) is 59.3. The van der Waals surface area contributed by atoms with Crippen molar-refractivity contribution in [3.05, 3.63) is 138 Å². The van der Waals surface area contributed by atoms with Crippen molar-refractivity contribution < 1.29 is 24.3 Å². The van der Waals surface area contributed by atoms with Crippen molar-refractivity contribution in [2.24, 2.45) is 7.05 Å². The van der Waals surface area contributed by atoms with Crippen molar-refractivity contribution in [2.45, 2.75) is 64.3 Å². The predicted molar refractivity (Wildman–Crippen MR) is 224 cm³/mol. The number of para-hydroxylation sites is 1. The van der Waals surface area contributed by atoms with E-state index >= 15 is 0 Å². The van der Waals surface area contributed by atoms with E-state index in [1.807, 2.05) is 82.4 Å². The Balaban J connectivity index is 1.22. The molecule has 3 N–H and O–H groups in total. The summed E-state index contributed by atoms with van der Waals surface area (Å²) < 4.78 is 2.05. The summed E-state index contributed by atoms with van der Waals surface area (Å²) in [6.45, 7) is 10.4. The van der Waals surface area contributed by atoms with E-state index in [9.17, 15) is 24.3 Å².